The summed E-state index contributed by atoms with van der Waals surface area (Å²) >= 11 is 0. The highest BCUT2D eigenvalue weighted by Gasteiger charge is 2.59. The topological polar surface area (TPSA) is 57.5 Å². The molecular weight excluding hydrogens is 721 g/mol. The van der Waals surface area contributed by atoms with Crippen LogP contribution in [0.15, 0.2) is 69.9 Å². The maximum Gasteiger partial charge on any atom is 0.303 e. The van der Waals surface area contributed by atoms with Gasteiger partial charge in [-0.05, 0) is 209 Å². The van der Waals surface area contributed by atoms with Crippen molar-refractivity contribution < 1.29 is 15.0 Å². The molecule has 0 aliphatic heterocycles. The number of carboxylic acids is 1. The van der Waals surface area contributed by atoms with Crippen molar-refractivity contribution in [2.24, 2.45) is 58.2 Å². The summed E-state index contributed by atoms with van der Waals surface area (Å²) in [6.45, 7) is 28.3. The average molecular weight is 815 g/mol. The summed E-state index contributed by atoms with van der Waals surface area (Å²) in [6.07, 6.45) is 38.0. The van der Waals surface area contributed by atoms with Gasteiger partial charge in [0.15, 0.2) is 0 Å². The molecule has 3 saturated carbocycles. The zero-order chi connectivity index (χ0) is 43.8. The zero-order valence-corrected chi connectivity index (χ0v) is 40.7. The Morgan fingerprint density at radius 1 is 0.746 bits per heavy atom. The van der Waals surface area contributed by atoms with Crippen LogP contribution in [0.4, 0.5) is 0 Å². The van der Waals surface area contributed by atoms with Gasteiger partial charge in [0.2, 0.25) is 0 Å². The first-order valence-electron chi connectivity index (χ1n) is 24.7. The highest BCUT2D eigenvalue weighted by molar-refractivity contribution is 5.67. The van der Waals surface area contributed by atoms with E-state index in [1.165, 1.54) is 105 Å². The lowest BCUT2D eigenvalue weighted by molar-refractivity contribution is -0.138. The van der Waals surface area contributed by atoms with E-state index in [1.807, 2.05) is 6.08 Å². The lowest BCUT2D eigenvalue weighted by Crippen LogP contribution is -2.50. The van der Waals surface area contributed by atoms with Crippen molar-refractivity contribution in [3.63, 3.8) is 0 Å². The molecule has 4 rings (SSSR count). The number of aliphatic hydroxyl groups is 1. The lowest BCUT2D eigenvalue weighted by Gasteiger charge is -2.58. The van der Waals surface area contributed by atoms with Gasteiger partial charge in [-0.1, -0.05) is 124 Å². The molecule has 4 aliphatic rings. The first-order valence-corrected chi connectivity index (χ1v) is 24.7. The van der Waals surface area contributed by atoms with E-state index in [-0.39, 0.29) is 6.61 Å². The SMILES string of the molecule is CC(C)=CCC/C(C)=C/CC/C(C)=C/CC/C=C(/C)CC/C(C)=C\CO.CC[C@H](CC[C@@H](C)[C@H]1CCC2C3CC=C4CC(CC(=O)O)CC[C@]4(C)C3CC[C@@]21C)C(C)C. The Morgan fingerprint density at radius 2 is 1.34 bits per heavy atom. The van der Waals surface area contributed by atoms with Crippen molar-refractivity contribution in [2.45, 2.75) is 212 Å². The van der Waals surface area contributed by atoms with Crippen molar-refractivity contribution in [2.75, 3.05) is 6.61 Å². The van der Waals surface area contributed by atoms with E-state index in [2.05, 4.69) is 113 Å². The van der Waals surface area contributed by atoms with Gasteiger partial charge in [0, 0.05) is 6.42 Å². The van der Waals surface area contributed by atoms with E-state index in [1.54, 1.807) is 5.57 Å². The molecule has 9 atom stereocenters. The molecule has 0 radical (unpaired) electrons. The number of rotatable bonds is 21. The van der Waals surface area contributed by atoms with Gasteiger partial charge >= 0.3 is 5.97 Å². The van der Waals surface area contributed by atoms with Gasteiger partial charge in [-0.25, -0.2) is 0 Å². The largest absolute Gasteiger partial charge is 0.481 e. The van der Waals surface area contributed by atoms with E-state index in [9.17, 15) is 9.90 Å². The highest BCUT2D eigenvalue weighted by Crippen LogP contribution is 2.67. The fraction of sp³-hybridized carbons (Fsp3) is 0.768. The van der Waals surface area contributed by atoms with E-state index in [4.69, 9.17) is 5.11 Å². The molecule has 4 aliphatic carbocycles. The van der Waals surface area contributed by atoms with E-state index < -0.39 is 5.97 Å². The zero-order valence-electron chi connectivity index (χ0n) is 40.7. The van der Waals surface area contributed by atoms with Crippen LogP contribution in [0.3, 0.4) is 0 Å². The second kappa shape index (κ2) is 25.1. The van der Waals surface area contributed by atoms with Crippen molar-refractivity contribution in [3.8, 4) is 0 Å². The third kappa shape index (κ3) is 15.6. The van der Waals surface area contributed by atoms with Crippen LogP contribution in [-0.2, 0) is 4.79 Å². The highest BCUT2D eigenvalue weighted by atomic mass is 16.4. The molecule has 0 aromatic rings. The Bertz CT molecular complexity index is 1480. The van der Waals surface area contributed by atoms with Crippen LogP contribution in [-0.4, -0.2) is 22.8 Å². The number of carboxylic acid groups (broad SMARTS) is 1. The van der Waals surface area contributed by atoms with Crippen LogP contribution in [0, 0.1) is 58.2 Å². The van der Waals surface area contributed by atoms with Crippen LogP contribution in [0.1, 0.15) is 212 Å². The van der Waals surface area contributed by atoms with Gasteiger partial charge in [0.25, 0.3) is 0 Å². The molecule has 59 heavy (non-hydrogen) atoms. The number of carbonyl (C=O) groups is 1. The van der Waals surface area contributed by atoms with Gasteiger partial charge in [-0.3, -0.25) is 4.79 Å². The molecule has 0 bridgehead atoms. The minimum Gasteiger partial charge on any atom is -0.481 e. The van der Waals surface area contributed by atoms with Crippen molar-refractivity contribution in [3.05, 3.63) is 69.9 Å². The minimum absolute atomic E-state index is 0.156. The molecule has 0 saturated heterocycles. The van der Waals surface area contributed by atoms with Crippen LogP contribution in [0.25, 0.3) is 0 Å². The Morgan fingerprint density at radius 3 is 1.92 bits per heavy atom. The van der Waals surface area contributed by atoms with Gasteiger partial charge in [-0.2, -0.15) is 0 Å². The molecule has 0 spiro atoms. The summed E-state index contributed by atoms with van der Waals surface area (Å²) in [5, 5.41) is 18.2. The number of fused-ring (bicyclic) bond motifs is 5. The molecule has 3 nitrogen and oxygen atoms in total. The molecule has 4 unspecified atom stereocenters. The predicted octanol–water partition coefficient (Wildman–Crippen LogP) is 16.6. The Labute approximate surface area is 365 Å². The Balaban J connectivity index is 0.000000327. The number of aliphatic hydroxyl groups excluding tert-OH is 1. The number of aliphatic carboxylic acids is 1. The number of hydrogen-bond donors (Lipinski definition) is 2. The smallest absolute Gasteiger partial charge is 0.303 e. The second-order valence-electron chi connectivity index (χ2n) is 21.5. The summed E-state index contributed by atoms with van der Waals surface area (Å²) in [5.41, 5.74) is 9.68. The molecule has 2 N–H and O–H groups in total. The molecule has 336 valence electrons. The van der Waals surface area contributed by atoms with Gasteiger partial charge in [0.1, 0.15) is 0 Å². The maximum atomic E-state index is 11.3. The van der Waals surface area contributed by atoms with Crippen LogP contribution in [0.5, 0.6) is 0 Å². The average Bonchev–Trinajstić information content (AvgIpc) is 3.53. The lowest BCUT2D eigenvalue weighted by atomic mass is 9.46. The van der Waals surface area contributed by atoms with Gasteiger partial charge < -0.3 is 10.2 Å². The maximum absolute atomic E-state index is 11.3. The molecule has 0 aromatic heterocycles. The number of allylic oxidation sites excluding steroid dienone is 11. The standard InChI is InChI=1S/C31H52O2.C25H42O/c1-7-23(20(2)3)9-8-21(4)26-12-13-27-25-11-10-24-18-22(19-29(32)33)14-16-30(24,5)28(25)15-17-31(26,27)6;1-21(2)11-9-14-23(4)16-10-15-22(3)12-7-8-13-24(5)17-18-25(6)19-20-26/h10,20-23,25-28H,7-9,11-19H2,1-6H3,(H,32,33);11-13,16,19,26H,7-10,14-15,17-18,20H2,1-6H3/b;22-12+,23-16+,24-13-,25-19-/t21-,22?,23-,25?,26-,27?,28?,30+,31-;/m1./s1. The van der Waals surface area contributed by atoms with E-state index in [0.717, 1.165) is 86.4 Å². The minimum atomic E-state index is -0.615. The van der Waals surface area contributed by atoms with Crippen molar-refractivity contribution >= 4 is 5.97 Å². The fourth-order valence-corrected chi connectivity index (χ4v) is 12.6. The Kier molecular flexibility index (Phi) is 21.8. The van der Waals surface area contributed by atoms with Crippen molar-refractivity contribution in [1.29, 1.82) is 0 Å². The van der Waals surface area contributed by atoms with E-state index in [0.29, 0.717) is 23.2 Å². The van der Waals surface area contributed by atoms with Crippen LogP contribution >= 0.6 is 0 Å². The first kappa shape index (κ1) is 51.2. The normalized spacial score (nSPS) is 29.7. The van der Waals surface area contributed by atoms with E-state index >= 15 is 0 Å². The van der Waals surface area contributed by atoms with Gasteiger partial charge in [-0.15, -0.1) is 0 Å². The van der Waals surface area contributed by atoms with Crippen LogP contribution < -0.4 is 0 Å². The van der Waals surface area contributed by atoms with Gasteiger partial charge in [0.05, 0.1) is 6.61 Å². The number of hydrogen-bond acceptors (Lipinski definition) is 2. The monoisotopic (exact) mass is 815 g/mol. The Hall–Kier alpha value is -2.13. The molecule has 0 heterocycles. The number of unbranched alkanes of at least 4 members (excludes halogenated alkanes) is 1. The second-order valence-corrected chi connectivity index (χ2v) is 21.5. The predicted molar refractivity (Wildman–Crippen MR) is 256 cm³/mol. The quantitative estimate of drug-likeness (QED) is 0.0896. The molecule has 3 fully saturated rings. The summed E-state index contributed by atoms with van der Waals surface area (Å²) in [4.78, 5) is 11.3. The summed E-state index contributed by atoms with van der Waals surface area (Å²) in [6, 6.07) is 0. The fourth-order valence-electron chi connectivity index (χ4n) is 12.6. The molecule has 0 aromatic carbocycles. The molecule has 3 heteroatoms. The molecule has 0 amide bonds. The molecular formula is C56H94O3. The van der Waals surface area contributed by atoms with Crippen molar-refractivity contribution in [1.82, 2.24) is 0 Å². The third-order valence-corrected chi connectivity index (χ3v) is 16.5. The summed E-state index contributed by atoms with van der Waals surface area (Å²) < 4.78 is 0. The summed E-state index contributed by atoms with van der Waals surface area (Å²) in [5.74, 6) is 5.84. The summed E-state index contributed by atoms with van der Waals surface area (Å²) in [7, 11) is 0. The third-order valence-electron chi connectivity index (χ3n) is 16.5. The van der Waals surface area contributed by atoms with Crippen LogP contribution in [0.2, 0.25) is 0 Å². The first-order chi connectivity index (χ1) is 27.9.